The summed E-state index contributed by atoms with van der Waals surface area (Å²) in [4.78, 5) is 15.3. The van der Waals surface area contributed by atoms with Crippen LogP contribution in [0, 0.1) is 0 Å². The van der Waals surface area contributed by atoms with Crippen molar-refractivity contribution >= 4 is 66.9 Å². The number of benzene rings is 9. The quantitative estimate of drug-likeness (QED) is 0.163. The molecule has 310 valence electrons. The number of rotatable bonds is 4. The summed E-state index contributed by atoms with van der Waals surface area (Å²) in [6.45, 7) is 0. The molecule has 8 heteroatoms. The van der Waals surface area contributed by atoms with Crippen LogP contribution < -0.4 is 20.7 Å². The normalized spacial score (nSPS) is 17.1. The van der Waals surface area contributed by atoms with Crippen LogP contribution in [0.25, 0.3) is 78.0 Å². The summed E-state index contributed by atoms with van der Waals surface area (Å²) in [5, 5.41) is 6.32. The van der Waals surface area contributed by atoms with Crippen LogP contribution in [0.2, 0.25) is 0 Å². The lowest BCUT2D eigenvalue weighted by Gasteiger charge is -2.47. The molecule has 0 fully saturated rings. The zero-order valence-corrected chi connectivity index (χ0v) is 35.9. The lowest BCUT2D eigenvalue weighted by molar-refractivity contribution is 0.435. The van der Waals surface area contributed by atoms with Gasteiger partial charge < -0.3 is 18.1 Å². The molecule has 2 unspecified atom stereocenters. The SMILES string of the molecule is O=P1(c2ccccc2)c2ccccc2C2(c3ccccc3Oc3cc(-c4nc(-c5ccccc5)nc(-c5ccc6c(c5)oc5ccccc56)n4)ccc32)c2cc3c(cc21)oc1ccccc13. The molecule has 7 nitrogen and oxygen atoms in total. The molecule has 3 aromatic heterocycles. The maximum atomic E-state index is 16.5. The Morgan fingerprint density at radius 1 is 0.364 bits per heavy atom. The van der Waals surface area contributed by atoms with Gasteiger partial charge in [-0.2, -0.15) is 0 Å². The maximum Gasteiger partial charge on any atom is 0.171 e. The molecular formula is C58H34N3O4P. The Kier molecular flexibility index (Phi) is 7.75. The highest BCUT2D eigenvalue weighted by molar-refractivity contribution is 7.85. The number of hydrogen-bond donors (Lipinski definition) is 0. The van der Waals surface area contributed by atoms with E-state index in [2.05, 4.69) is 60.7 Å². The summed E-state index contributed by atoms with van der Waals surface area (Å²) in [7, 11) is -3.50. The first-order valence-electron chi connectivity index (χ1n) is 21.9. The third kappa shape index (κ3) is 5.14. The van der Waals surface area contributed by atoms with Gasteiger partial charge in [0.2, 0.25) is 0 Å². The van der Waals surface area contributed by atoms with Crippen molar-refractivity contribution in [3.63, 3.8) is 0 Å². The van der Waals surface area contributed by atoms with Crippen molar-refractivity contribution in [2.24, 2.45) is 0 Å². The van der Waals surface area contributed by atoms with E-state index in [0.717, 1.165) is 93.2 Å². The van der Waals surface area contributed by atoms with Crippen LogP contribution >= 0.6 is 7.14 Å². The van der Waals surface area contributed by atoms with Crippen molar-refractivity contribution in [3.05, 3.63) is 229 Å². The summed E-state index contributed by atoms with van der Waals surface area (Å²) >= 11 is 0. The van der Waals surface area contributed by atoms with E-state index in [4.69, 9.17) is 28.5 Å². The first-order valence-corrected chi connectivity index (χ1v) is 23.6. The molecule has 2 atom stereocenters. The highest BCUT2D eigenvalue weighted by atomic mass is 31.2. The molecule has 5 heterocycles. The summed E-state index contributed by atoms with van der Waals surface area (Å²) in [6, 6.07) is 69.1. The fourth-order valence-electron chi connectivity index (χ4n) is 10.6. The zero-order valence-electron chi connectivity index (χ0n) is 35.1. The van der Waals surface area contributed by atoms with Crippen LogP contribution in [0.5, 0.6) is 11.5 Å². The number of para-hydroxylation sites is 3. The van der Waals surface area contributed by atoms with Crippen molar-refractivity contribution in [1.82, 2.24) is 15.0 Å². The summed E-state index contributed by atoms with van der Waals surface area (Å²) in [5.41, 5.74) is 8.26. The van der Waals surface area contributed by atoms with Gasteiger partial charge in [0.15, 0.2) is 24.6 Å². The largest absolute Gasteiger partial charge is 0.457 e. The van der Waals surface area contributed by atoms with Gasteiger partial charge in [-0.1, -0.05) is 158 Å². The predicted molar refractivity (Wildman–Crippen MR) is 262 cm³/mol. The summed E-state index contributed by atoms with van der Waals surface area (Å²) < 4.78 is 36.4. The highest BCUT2D eigenvalue weighted by Crippen LogP contribution is 2.62. The number of aromatic nitrogens is 3. The highest BCUT2D eigenvalue weighted by Gasteiger charge is 2.55. The fourth-order valence-corrected chi connectivity index (χ4v) is 13.7. The zero-order chi connectivity index (χ0) is 43.6. The standard InChI is InChI=1S/C58H34N3O4P/c62-66(38-17-5-2-6-18-38)53-26-14-10-22-45(53)58(46-33-42-40-20-8-12-24-48(40)64-51(42)34-54(46)66)43-21-9-13-25-49(43)65-52-32-37(28-30-44(52)58)57-60-55(35-15-3-1-4-16-35)59-56(61-57)36-27-29-41-39-19-7-11-23-47(39)63-50(41)31-36/h1-34H. The molecule has 0 saturated carbocycles. The van der Waals surface area contributed by atoms with Crippen LogP contribution in [-0.4, -0.2) is 15.0 Å². The molecule has 0 bridgehead atoms. The molecule has 66 heavy (non-hydrogen) atoms. The Bertz CT molecular complexity index is 4030. The average molecular weight is 868 g/mol. The molecule has 12 aromatic rings. The monoisotopic (exact) mass is 867 g/mol. The van der Waals surface area contributed by atoms with Crippen LogP contribution in [0.15, 0.2) is 215 Å². The maximum absolute atomic E-state index is 16.5. The predicted octanol–water partition coefficient (Wildman–Crippen LogP) is 13.1. The number of fused-ring (bicyclic) bond motifs is 14. The smallest absolute Gasteiger partial charge is 0.171 e. The fraction of sp³-hybridized carbons (Fsp3) is 0.0172. The van der Waals surface area contributed by atoms with E-state index in [1.807, 2.05) is 146 Å². The third-order valence-corrected chi connectivity index (χ3v) is 16.6. The lowest BCUT2D eigenvalue weighted by Crippen LogP contribution is -2.47. The lowest BCUT2D eigenvalue weighted by atomic mass is 9.63. The second-order valence-corrected chi connectivity index (χ2v) is 19.7. The van der Waals surface area contributed by atoms with Crippen LogP contribution in [0.4, 0.5) is 0 Å². The molecule has 1 spiro atoms. The van der Waals surface area contributed by atoms with Crippen LogP contribution in [-0.2, 0) is 9.98 Å². The van der Waals surface area contributed by atoms with Crippen molar-refractivity contribution in [2.45, 2.75) is 5.41 Å². The number of hydrogen-bond acceptors (Lipinski definition) is 7. The van der Waals surface area contributed by atoms with E-state index in [-0.39, 0.29) is 0 Å². The van der Waals surface area contributed by atoms with Gasteiger partial charge in [-0.25, -0.2) is 15.0 Å². The molecule has 0 amide bonds. The number of nitrogens with zero attached hydrogens (tertiary/aromatic N) is 3. The van der Waals surface area contributed by atoms with Gasteiger partial charge in [0.1, 0.15) is 33.8 Å². The third-order valence-electron chi connectivity index (χ3n) is 13.5. The number of furan rings is 2. The Labute approximate surface area is 378 Å². The van der Waals surface area contributed by atoms with E-state index in [9.17, 15) is 0 Å². The van der Waals surface area contributed by atoms with Gasteiger partial charge in [-0.05, 0) is 59.7 Å². The molecule has 0 radical (unpaired) electrons. The van der Waals surface area contributed by atoms with E-state index in [1.165, 1.54) is 0 Å². The molecule has 14 rings (SSSR count). The Morgan fingerprint density at radius 3 is 1.67 bits per heavy atom. The van der Waals surface area contributed by atoms with Gasteiger partial charge in [-0.3, -0.25) is 0 Å². The Morgan fingerprint density at radius 2 is 0.909 bits per heavy atom. The second-order valence-electron chi connectivity index (χ2n) is 17.0. The first-order chi connectivity index (χ1) is 32.6. The molecule has 0 saturated heterocycles. The Hall–Kier alpha value is -8.38. The van der Waals surface area contributed by atoms with Crippen molar-refractivity contribution in [3.8, 4) is 45.7 Å². The van der Waals surface area contributed by atoms with E-state index < -0.39 is 12.6 Å². The van der Waals surface area contributed by atoms with E-state index in [0.29, 0.717) is 34.6 Å². The minimum Gasteiger partial charge on any atom is -0.457 e. The summed E-state index contributed by atoms with van der Waals surface area (Å²) in [6.07, 6.45) is 0. The van der Waals surface area contributed by atoms with Crippen LogP contribution in [0.1, 0.15) is 22.3 Å². The first kappa shape index (κ1) is 37.0. The van der Waals surface area contributed by atoms with Gasteiger partial charge >= 0.3 is 0 Å². The van der Waals surface area contributed by atoms with Crippen molar-refractivity contribution in [1.29, 1.82) is 0 Å². The molecule has 9 aromatic carbocycles. The second kappa shape index (κ2) is 13.8. The van der Waals surface area contributed by atoms with Gasteiger partial charge in [0, 0.05) is 65.3 Å². The van der Waals surface area contributed by atoms with Gasteiger partial charge in [-0.15, -0.1) is 0 Å². The van der Waals surface area contributed by atoms with Crippen molar-refractivity contribution < 1.29 is 18.1 Å². The molecule has 2 aliphatic rings. The minimum absolute atomic E-state index is 0.493. The number of ether oxygens (including phenoxy) is 1. The van der Waals surface area contributed by atoms with E-state index >= 15 is 4.57 Å². The summed E-state index contributed by atoms with van der Waals surface area (Å²) in [5.74, 6) is 2.91. The minimum atomic E-state index is -3.50. The molecule has 0 N–H and O–H groups in total. The Balaban J connectivity index is 1.03. The molecular weight excluding hydrogens is 834 g/mol. The average Bonchev–Trinajstić information content (AvgIpc) is 3.95. The molecule has 2 aliphatic heterocycles. The van der Waals surface area contributed by atoms with Gasteiger partial charge in [0.05, 0.1) is 5.41 Å². The van der Waals surface area contributed by atoms with E-state index in [1.54, 1.807) is 0 Å². The van der Waals surface area contributed by atoms with Crippen LogP contribution in [0.3, 0.4) is 0 Å². The van der Waals surface area contributed by atoms with Gasteiger partial charge in [0.25, 0.3) is 0 Å². The topological polar surface area (TPSA) is 91.2 Å². The molecule has 0 aliphatic carbocycles. The van der Waals surface area contributed by atoms with Crippen molar-refractivity contribution in [2.75, 3.05) is 0 Å².